The summed E-state index contributed by atoms with van der Waals surface area (Å²) in [6.45, 7) is 1.96. The smallest absolute Gasteiger partial charge is 0.271 e. The summed E-state index contributed by atoms with van der Waals surface area (Å²) in [5.41, 5.74) is 6.76. The average Bonchev–Trinajstić information content (AvgIpc) is 3.59. The Morgan fingerprint density at radius 3 is 2.71 bits per heavy atom. The number of hydrogen-bond donors (Lipinski definition) is 3. The number of nitrogens with one attached hydrogen (secondary N) is 2. The number of aromatic nitrogens is 4. The molecule has 0 aliphatic heterocycles. The molecule has 2 amide bonds. The highest BCUT2D eigenvalue weighted by atomic mass is 32.2. The Morgan fingerprint density at radius 2 is 2.06 bits per heavy atom. The van der Waals surface area contributed by atoms with Gasteiger partial charge in [0, 0.05) is 12.0 Å². The first-order valence-electron chi connectivity index (χ1n) is 10.9. The number of ether oxygens (including phenoxy) is 1. The highest BCUT2D eigenvalue weighted by Crippen LogP contribution is 2.38. The molecule has 0 bridgehead atoms. The zero-order chi connectivity index (χ0) is 25.1. The number of methoxy groups -OCH3 is 1. The number of primary amides is 1. The quantitative estimate of drug-likeness (QED) is 0.352. The normalized spacial score (nSPS) is 14.0. The molecule has 4 rings (SSSR count). The third-order valence-electron chi connectivity index (χ3n) is 5.59. The SMILES string of the molecule is COc1c(Nc2cc(NC(=O)C3CC3)nnc2C(N)=O)cccc1-c1noc(C(C)N(C)SC)n1. The predicted octanol–water partition coefficient (Wildman–Crippen LogP) is 3.00. The van der Waals surface area contributed by atoms with Crippen LogP contribution >= 0.6 is 11.9 Å². The predicted molar refractivity (Wildman–Crippen MR) is 131 cm³/mol. The number of carbonyl (C=O) groups excluding carboxylic acids is 2. The molecule has 13 heteroatoms. The van der Waals surface area contributed by atoms with E-state index in [2.05, 4.69) is 31.0 Å². The maximum Gasteiger partial charge on any atom is 0.271 e. The van der Waals surface area contributed by atoms with E-state index < -0.39 is 5.91 Å². The highest BCUT2D eigenvalue weighted by molar-refractivity contribution is 7.96. The molecule has 1 fully saturated rings. The monoisotopic (exact) mass is 498 g/mol. The van der Waals surface area contributed by atoms with Crippen LogP contribution in [0.3, 0.4) is 0 Å². The molecule has 184 valence electrons. The van der Waals surface area contributed by atoms with E-state index in [0.717, 1.165) is 12.8 Å². The third-order valence-corrected chi connectivity index (χ3v) is 6.48. The van der Waals surface area contributed by atoms with E-state index in [1.165, 1.54) is 13.2 Å². The van der Waals surface area contributed by atoms with Crippen molar-refractivity contribution in [1.29, 1.82) is 0 Å². The minimum atomic E-state index is -0.773. The van der Waals surface area contributed by atoms with Crippen molar-refractivity contribution in [1.82, 2.24) is 24.6 Å². The van der Waals surface area contributed by atoms with Crippen molar-refractivity contribution in [3.8, 4) is 17.1 Å². The van der Waals surface area contributed by atoms with E-state index in [4.69, 9.17) is 15.0 Å². The Hall–Kier alpha value is -3.71. The first-order chi connectivity index (χ1) is 16.8. The minimum Gasteiger partial charge on any atom is -0.494 e. The second kappa shape index (κ2) is 10.3. The lowest BCUT2D eigenvalue weighted by atomic mass is 10.1. The van der Waals surface area contributed by atoms with Crippen LogP contribution in [0.4, 0.5) is 17.2 Å². The van der Waals surface area contributed by atoms with Crippen LogP contribution in [-0.4, -0.2) is 56.9 Å². The van der Waals surface area contributed by atoms with Crippen molar-refractivity contribution < 1.29 is 18.8 Å². The summed E-state index contributed by atoms with van der Waals surface area (Å²) in [7, 11) is 3.45. The summed E-state index contributed by atoms with van der Waals surface area (Å²) in [6, 6.07) is 6.74. The molecule has 1 aromatic carbocycles. The number of nitrogens with two attached hydrogens (primary N) is 1. The number of amides is 2. The molecular weight excluding hydrogens is 472 g/mol. The maximum absolute atomic E-state index is 12.1. The average molecular weight is 499 g/mol. The Morgan fingerprint density at radius 1 is 1.29 bits per heavy atom. The summed E-state index contributed by atoms with van der Waals surface area (Å²) in [5, 5.41) is 17.8. The van der Waals surface area contributed by atoms with Crippen molar-refractivity contribution in [2.24, 2.45) is 11.7 Å². The van der Waals surface area contributed by atoms with E-state index >= 15 is 0 Å². The summed E-state index contributed by atoms with van der Waals surface area (Å²) in [4.78, 5) is 28.7. The molecule has 1 aliphatic rings. The van der Waals surface area contributed by atoms with Gasteiger partial charge >= 0.3 is 0 Å². The number of hydrogen-bond acceptors (Lipinski definition) is 11. The van der Waals surface area contributed by atoms with Gasteiger partial charge in [-0.15, -0.1) is 10.2 Å². The number of rotatable bonds is 10. The summed E-state index contributed by atoms with van der Waals surface area (Å²) in [6.07, 6.45) is 3.65. The molecule has 0 saturated heterocycles. The number of carbonyl (C=O) groups is 2. The van der Waals surface area contributed by atoms with Gasteiger partial charge in [0.05, 0.1) is 30.1 Å². The third kappa shape index (κ3) is 5.35. The van der Waals surface area contributed by atoms with Crippen LogP contribution in [0, 0.1) is 5.92 Å². The second-order valence-corrected chi connectivity index (χ2v) is 8.93. The molecule has 1 aliphatic carbocycles. The largest absolute Gasteiger partial charge is 0.494 e. The Bertz CT molecular complexity index is 1250. The van der Waals surface area contributed by atoms with Crippen LogP contribution < -0.4 is 21.1 Å². The van der Waals surface area contributed by atoms with Crippen LogP contribution in [0.25, 0.3) is 11.4 Å². The fourth-order valence-corrected chi connectivity index (χ4v) is 3.71. The van der Waals surface area contributed by atoms with Gasteiger partial charge in [-0.05, 0) is 45.2 Å². The lowest BCUT2D eigenvalue weighted by molar-refractivity contribution is -0.117. The Labute approximate surface area is 206 Å². The molecule has 1 atom stereocenters. The van der Waals surface area contributed by atoms with Crippen molar-refractivity contribution in [2.45, 2.75) is 25.8 Å². The van der Waals surface area contributed by atoms with Gasteiger partial charge in [0.1, 0.15) is 0 Å². The summed E-state index contributed by atoms with van der Waals surface area (Å²) >= 11 is 1.55. The molecule has 2 aromatic heterocycles. The van der Waals surface area contributed by atoms with E-state index in [1.807, 2.05) is 24.5 Å². The van der Waals surface area contributed by atoms with E-state index in [-0.39, 0.29) is 35.1 Å². The molecule has 2 heterocycles. The van der Waals surface area contributed by atoms with Gasteiger partial charge < -0.3 is 25.6 Å². The zero-order valence-corrected chi connectivity index (χ0v) is 20.5. The first kappa shape index (κ1) is 24.4. The van der Waals surface area contributed by atoms with Gasteiger partial charge in [0.15, 0.2) is 17.3 Å². The molecule has 1 unspecified atom stereocenters. The lowest BCUT2D eigenvalue weighted by Crippen LogP contribution is -2.19. The lowest BCUT2D eigenvalue weighted by Gasteiger charge is -2.17. The van der Waals surface area contributed by atoms with Gasteiger partial charge in [-0.1, -0.05) is 23.2 Å². The summed E-state index contributed by atoms with van der Waals surface area (Å²) in [5.74, 6) is 0.514. The van der Waals surface area contributed by atoms with E-state index in [0.29, 0.717) is 28.7 Å². The van der Waals surface area contributed by atoms with E-state index in [9.17, 15) is 9.59 Å². The fourth-order valence-electron chi connectivity index (χ4n) is 3.31. The molecule has 4 N–H and O–H groups in total. The van der Waals surface area contributed by atoms with Crippen LogP contribution in [0.15, 0.2) is 28.8 Å². The first-order valence-corrected chi connectivity index (χ1v) is 12.0. The molecule has 0 radical (unpaired) electrons. The van der Waals surface area contributed by atoms with Gasteiger partial charge in [0.25, 0.3) is 5.91 Å². The zero-order valence-electron chi connectivity index (χ0n) is 19.7. The van der Waals surface area contributed by atoms with Crippen molar-refractivity contribution in [3.05, 3.63) is 35.9 Å². The standard InChI is InChI=1S/C22H26N8O4S/c1-11(30(2)35-4)22-26-20(29-34-22)13-6-5-7-14(18(13)33-3)24-15-10-16(25-21(32)12-8-9-12)27-28-17(15)19(23)31/h5-7,10-12H,8-9H2,1-4H3,(H2,23,31)(H2,24,25,27,32). The fraction of sp³-hybridized carbons (Fsp3) is 0.364. The van der Waals surface area contributed by atoms with Crippen molar-refractivity contribution in [3.63, 3.8) is 0 Å². The Balaban J connectivity index is 1.66. The van der Waals surface area contributed by atoms with Gasteiger partial charge in [-0.2, -0.15) is 4.98 Å². The van der Waals surface area contributed by atoms with Crippen LogP contribution in [-0.2, 0) is 4.79 Å². The molecule has 1 saturated carbocycles. The number of nitrogens with zero attached hydrogens (tertiary/aromatic N) is 5. The van der Waals surface area contributed by atoms with Gasteiger partial charge in [-0.3, -0.25) is 9.59 Å². The molecular formula is C22H26N8O4S. The van der Waals surface area contributed by atoms with Crippen molar-refractivity contribution >= 4 is 41.0 Å². The van der Waals surface area contributed by atoms with Crippen molar-refractivity contribution in [2.75, 3.05) is 31.0 Å². The van der Waals surface area contributed by atoms with Crippen LogP contribution in [0.5, 0.6) is 5.75 Å². The molecule has 3 aromatic rings. The van der Waals surface area contributed by atoms with Gasteiger partial charge in [0.2, 0.25) is 17.6 Å². The minimum absolute atomic E-state index is 0.0147. The Kier molecular flexibility index (Phi) is 7.17. The number of anilines is 3. The maximum atomic E-state index is 12.1. The highest BCUT2D eigenvalue weighted by Gasteiger charge is 2.30. The molecule has 35 heavy (non-hydrogen) atoms. The summed E-state index contributed by atoms with van der Waals surface area (Å²) < 4.78 is 13.1. The van der Waals surface area contributed by atoms with E-state index in [1.54, 1.807) is 30.1 Å². The topological polar surface area (TPSA) is 161 Å². The second-order valence-electron chi connectivity index (χ2n) is 7.99. The molecule has 0 spiro atoms. The number of benzene rings is 1. The van der Waals surface area contributed by atoms with Gasteiger partial charge in [-0.25, -0.2) is 4.31 Å². The van der Waals surface area contributed by atoms with Crippen LogP contribution in [0.1, 0.15) is 42.2 Å². The van der Waals surface area contributed by atoms with Crippen LogP contribution in [0.2, 0.25) is 0 Å². The number of para-hydroxylation sites is 1. The molecule has 12 nitrogen and oxygen atoms in total.